The van der Waals surface area contributed by atoms with Gasteiger partial charge in [-0.25, -0.2) is 4.79 Å². The summed E-state index contributed by atoms with van der Waals surface area (Å²) in [5.74, 6) is -0.605. The molecule has 0 aromatic heterocycles. The van der Waals surface area contributed by atoms with Gasteiger partial charge >= 0.3 is 5.97 Å². The van der Waals surface area contributed by atoms with Gasteiger partial charge < -0.3 is 10.4 Å². The van der Waals surface area contributed by atoms with E-state index in [0.29, 0.717) is 12.2 Å². The molecule has 2 N–H and O–H groups in total. The van der Waals surface area contributed by atoms with E-state index >= 15 is 0 Å². The minimum Gasteiger partial charge on any atom is -0.480 e. The number of nitrogens with one attached hydrogen (secondary N) is 1. The summed E-state index contributed by atoms with van der Waals surface area (Å²) in [5, 5.41) is 11.6. The van der Waals surface area contributed by atoms with Crippen molar-refractivity contribution in [2.75, 3.05) is 12.0 Å². The van der Waals surface area contributed by atoms with Crippen molar-refractivity contribution in [2.24, 2.45) is 0 Å². The van der Waals surface area contributed by atoms with E-state index in [9.17, 15) is 14.7 Å². The van der Waals surface area contributed by atoms with Crippen LogP contribution in [-0.2, 0) is 9.59 Å². The zero-order chi connectivity index (χ0) is 18.1. The Morgan fingerprint density at radius 1 is 1.04 bits per heavy atom. The maximum absolute atomic E-state index is 12.8. The highest BCUT2D eigenvalue weighted by molar-refractivity contribution is 8.00. The van der Waals surface area contributed by atoms with E-state index < -0.39 is 17.3 Å². The third-order valence-corrected chi connectivity index (χ3v) is 5.47. The minimum absolute atomic E-state index is 0.284. The molecule has 0 fully saturated rings. The first-order valence-corrected chi connectivity index (χ1v) is 10.2. The lowest BCUT2D eigenvalue weighted by Gasteiger charge is -2.20. The maximum atomic E-state index is 12.8. The van der Waals surface area contributed by atoms with E-state index in [0.717, 1.165) is 10.5 Å². The van der Waals surface area contributed by atoms with Crippen LogP contribution >= 0.6 is 23.5 Å². The van der Waals surface area contributed by atoms with E-state index in [2.05, 4.69) is 5.32 Å². The number of carboxylic acid groups (broad SMARTS) is 1. The summed E-state index contributed by atoms with van der Waals surface area (Å²) in [7, 11) is 0. The molecule has 4 nitrogen and oxygen atoms in total. The van der Waals surface area contributed by atoms with Gasteiger partial charge in [-0.2, -0.15) is 11.8 Å². The van der Waals surface area contributed by atoms with Crippen LogP contribution < -0.4 is 5.32 Å². The molecule has 2 aromatic rings. The Hall–Kier alpha value is -1.92. The highest BCUT2D eigenvalue weighted by Gasteiger charge is 2.27. The number of rotatable bonds is 9. The lowest BCUT2D eigenvalue weighted by molar-refractivity contribution is -0.141. The summed E-state index contributed by atoms with van der Waals surface area (Å²) in [5.41, 5.74) is 0.850. The zero-order valence-corrected chi connectivity index (χ0v) is 15.6. The highest BCUT2D eigenvalue weighted by Crippen LogP contribution is 2.35. The van der Waals surface area contributed by atoms with Crippen molar-refractivity contribution in [3.8, 4) is 0 Å². The van der Waals surface area contributed by atoms with Crippen molar-refractivity contribution in [2.45, 2.75) is 22.6 Å². The van der Waals surface area contributed by atoms with Crippen molar-refractivity contribution in [1.82, 2.24) is 5.32 Å². The van der Waals surface area contributed by atoms with Crippen LogP contribution in [-0.4, -0.2) is 35.0 Å². The summed E-state index contributed by atoms with van der Waals surface area (Å²) in [6.45, 7) is 0. The molecule has 132 valence electrons. The number of aliphatic carboxylic acids is 1. The van der Waals surface area contributed by atoms with E-state index in [-0.39, 0.29) is 5.91 Å². The van der Waals surface area contributed by atoms with Crippen LogP contribution in [0.1, 0.15) is 17.2 Å². The van der Waals surface area contributed by atoms with Crippen molar-refractivity contribution >= 4 is 35.4 Å². The van der Waals surface area contributed by atoms with Gasteiger partial charge in [-0.1, -0.05) is 48.5 Å². The van der Waals surface area contributed by atoms with Gasteiger partial charge in [-0.05, 0) is 36.1 Å². The number of carbonyl (C=O) groups excluding carboxylic acids is 1. The van der Waals surface area contributed by atoms with Gasteiger partial charge in [0.1, 0.15) is 11.3 Å². The van der Waals surface area contributed by atoms with Gasteiger partial charge in [0.15, 0.2) is 0 Å². The third kappa shape index (κ3) is 6.14. The summed E-state index contributed by atoms with van der Waals surface area (Å²) in [6.07, 6.45) is 2.32. The quantitative estimate of drug-likeness (QED) is 0.652. The van der Waals surface area contributed by atoms with Crippen LogP contribution in [0, 0.1) is 0 Å². The molecule has 1 amide bonds. The molecular formula is C19H21NO3S2. The first-order chi connectivity index (χ1) is 12.1. The molecule has 0 aliphatic rings. The fourth-order valence-electron chi connectivity index (χ4n) is 2.28. The maximum Gasteiger partial charge on any atom is 0.326 e. The molecule has 0 saturated carbocycles. The molecule has 0 aliphatic carbocycles. The van der Waals surface area contributed by atoms with Crippen LogP contribution in [0.5, 0.6) is 0 Å². The lowest BCUT2D eigenvalue weighted by Crippen LogP contribution is -2.42. The first-order valence-electron chi connectivity index (χ1n) is 7.90. The highest BCUT2D eigenvalue weighted by atomic mass is 32.2. The van der Waals surface area contributed by atoms with Crippen LogP contribution in [0.4, 0.5) is 0 Å². The number of hydrogen-bond donors (Lipinski definition) is 2. The van der Waals surface area contributed by atoms with Crippen molar-refractivity contribution < 1.29 is 14.7 Å². The molecule has 0 saturated heterocycles. The second-order valence-electron chi connectivity index (χ2n) is 5.40. The first kappa shape index (κ1) is 19.4. The van der Waals surface area contributed by atoms with Crippen LogP contribution in [0.25, 0.3) is 0 Å². The van der Waals surface area contributed by atoms with Crippen molar-refractivity contribution in [3.63, 3.8) is 0 Å². The zero-order valence-electron chi connectivity index (χ0n) is 13.9. The number of carboxylic acids is 1. The van der Waals surface area contributed by atoms with Gasteiger partial charge in [0.25, 0.3) is 0 Å². The van der Waals surface area contributed by atoms with Gasteiger partial charge in [-0.15, -0.1) is 11.8 Å². The average molecular weight is 376 g/mol. The minimum atomic E-state index is -1.00. The monoisotopic (exact) mass is 375 g/mol. The Morgan fingerprint density at radius 3 is 2.20 bits per heavy atom. The molecule has 2 atom stereocenters. The number of thioether (sulfide) groups is 2. The molecule has 0 aliphatic heterocycles. The molecular weight excluding hydrogens is 354 g/mol. The van der Waals surface area contributed by atoms with Crippen molar-refractivity contribution in [1.29, 1.82) is 0 Å². The molecule has 0 spiro atoms. The van der Waals surface area contributed by atoms with Crippen molar-refractivity contribution in [3.05, 3.63) is 66.2 Å². The SMILES string of the molecule is CSCC[C@@H](NC(=O)[C@@H](Sc1ccccc1)c1ccccc1)C(=O)O. The largest absolute Gasteiger partial charge is 0.480 e. The summed E-state index contributed by atoms with van der Waals surface area (Å²) < 4.78 is 0. The van der Waals surface area contributed by atoms with E-state index in [1.54, 1.807) is 11.8 Å². The standard InChI is InChI=1S/C19H21NO3S2/c1-24-13-12-16(19(22)23)20-18(21)17(14-8-4-2-5-9-14)25-15-10-6-3-7-11-15/h2-11,16-17H,12-13H2,1H3,(H,20,21)(H,22,23)/t16-,17+/m1/s1. The molecule has 6 heteroatoms. The van der Waals surface area contributed by atoms with Gasteiger partial charge in [0.05, 0.1) is 0 Å². The number of hydrogen-bond acceptors (Lipinski definition) is 4. The predicted octanol–water partition coefficient (Wildman–Crippen LogP) is 3.84. The second-order valence-corrected chi connectivity index (χ2v) is 7.57. The molecule has 0 unspecified atom stereocenters. The summed E-state index contributed by atoms with van der Waals surface area (Å²) in [4.78, 5) is 25.2. The lowest BCUT2D eigenvalue weighted by atomic mass is 10.1. The van der Waals surface area contributed by atoms with Crippen LogP contribution in [0.2, 0.25) is 0 Å². The Bertz CT molecular complexity index is 680. The second kappa shape index (κ2) is 10.2. The Balaban J connectivity index is 2.19. The number of amides is 1. The molecule has 2 aromatic carbocycles. The molecule has 2 rings (SSSR count). The van der Waals surface area contributed by atoms with Crippen LogP contribution in [0.3, 0.4) is 0 Å². The van der Waals surface area contributed by atoms with E-state index in [4.69, 9.17) is 0 Å². The van der Waals surface area contributed by atoms with Gasteiger partial charge in [-0.3, -0.25) is 4.79 Å². The van der Waals surface area contributed by atoms with Gasteiger partial charge in [0.2, 0.25) is 5.91 Å². The smallest absolute Gasteiger partial charge is 0.326 e. The molecule has 0 heterocycles. The number of benzene rings is 2. The third-order valence-electron chi connectivity index (χ3n) is 3.56. The Labute approximate surface area is 156 Å². The molecule has 0 radical (unpaired) electrons. The van der Waals surface area contributed by atoms with Gasteiger partial charge in [0, 0.05) is 4.90 Å². The molecule has 25 heavy (non-hydrogen) atoms. The number of carbonyl (C=O) groups is 2. The van der Waals surface area contributed by atoms with E-state index in [1.807, 2.05) is 66.9 Å². The Morgan fingerprint density at radius 2 is 1.64 bits per heavy atom. The average Bonchev–Trinajstić information content (AvgIpc) is 2.64. The molecule has 0 bridgehead atoms. The van der Waals surface area contributed by atoms with E-state index in [1.165, 1.54) is 11.8 Å². The summed E-state index contributed by atoms with van der Waals surface area (Å²) in [6, 6.07) is 18.2. The normalized spacial score (nSPS) is 13.0. The fourth-order valence-corrected chi connectivity index (χ4v) is 3.80. The predicted molar refractivity (Wildman–Crippen MR) is 104 cm³/mol. The Kier molecular flexibility index (Phi) is 7.88. The fraction of sp³-hybridized carbons (Fsp3) is 0.263. The topological polar surface area (TPSA) is 66.4 Å². The van der Waals surface area contributed by atoms with Crippen LogP contribution in [0.15, 0.2) is 65.6 Å². The summed E-state index contributed by atoms with van der Waals surface area (Å²) >= 11 is 2.98.